The Bertz CT molecular complexity index is 461. The van der Waals surface area contributed by atoms with Gasteiger partial charge in [0.05, 0.1) is 5.69 Å². The van der Waals surface area contributed by atoms with Crippen LogP contribution in [0.2, 0.25) is 10.3 Å². The fourth-order valence-corrected chi connectivity index (χ4v) is 1.39. The molecule has 0 bridgehead atoms. The van der Waals surface area contributed by atoms with Crippen LogP contribution in [0, 0.1) is 0 Å². The van der Waals surface area contributed by atoms with Crippen LogP contribution in [0.3, 0.4) is 0 Å². The van der Waals surface area contributed by atoms with E-state index < -0.39 is 0 Å². The van der Waals surface area contributed by atoms with E-state index in [0.29, 0.717) is 24.5 Å². The molecule has 2 heterocycles. The van der Waals surface area contributed by atoms with E-state index in [2.05, 4.69) is 25.7 Å². The molecule has 0 aliphatic heterocycles. The monoisotopic (exact) mass is 259 g/mol. The first-order valence-electron chi connectivity index (χ1n) is 4.44. The van der Waals surface area contributed by atoms with Gasteiger partial charge in [0.2, 0.25) is 5.89 Å². The van der Waals surface area contributed by atoms with Crippen LogP contribution in [-0.4, -0.2) is 26.9 Å². The van der Waals surface area contributed by atoms with Crippen LogP contribution in [-0.2, 0) is 6.42 Å². The first-order chi connectivity index (χ1) is 7.75. The Morgan fingerprint density at radius 3 is 2.94 bits per heavy atom. The van der Waals surface area contributed by atoms with Gasteiger partial charge in [-0.3, -0.25) is 0 Å². The second kappa shape index (κ2) is 5.09. The first-order valence-corrected chi connectivity index (χ1v) is 5.19. The van der Waals surface area contributed by atoms with Gasteiger partial charge in [-0.25, -0.2) is 0 Å². The highest BCUT2D eigenvalue weighted by Crippen LogP contribution is 2.20. The third kappa shape index (κ3) is 2.80. The van der Waals surface area contributed by atoms with Crippen molar-refractivity contribution in [2.45, 2.75) is 6.42 Å². The van der Waals surface area contributed by atoms with Gasteiger partial charge in [-0.15, -0.1) is 10.2 Å². The summed E-state index contributed by atoms with van der Waals surface area (Å²) in [7, 11) is 0. The number of halogens is 2. The highest BCUT2D eigenvalue weighted by Gasteiger charge is 2.04. The predicted molar refractivity (Wildman–Crippen MR) is 58.5 cm³/mol. The normalized spacial score (nSPS) is 10.4. The fraction of sp³-hybridized carbons (Fsp3) is 0.250. The number of hydrogen-bond acceptors (Lipinski definition) is 6. The summed E-state index contributed by atoms with van der Waals surface area (Å²) in [5, 5.41) is 14.4. The van der Waals surface area contributed by atoms with Gasteiger partial charge in [-0.1, -0.05) is 28.4 Å². The van der Waals surface area contributed by atoms with E-state index in [9.17, 15) is 0 Å². The molecule has 6 nitrogen and oxygen atoms in total. The Balaban J connectivity index is 1.92. The Morgan fingerprint density at radius 1 is 1.31 bits per heavy atom. The van der Waals surface area contributed by atoms with Gasteiger partial charge in [0, 0.05) is 19.0 Å². The molecule has 0 atom stereocenters. The minimum atomic E-state index is 0.273. The molecular formula is C8H7Cl2N5O. The van der Waals surface area contributed by atoms with E-state index >= 15 is 0 Å². The zero-order chi connectivity index (χ0) is 11.4. The van der Waals surface area contributed by atoms with Crippen molar-refractivity contribution in [2.24, 2.45) is 0 Å². The second-order valence-electron chi connectivity index (χ2n) is 2.88. The summed E-state index contributed by atoms with van der Waals surface area (Å²) in [5.74, 6) is 0.553. The molecular weight excluding hydrogens is 253 g/mol. The van der Waals surface area contributed by atoms with Gasteiger partial charge in [0.1, 0.15) is 0 Å². The molecule has 0 spiro atoms. The van der Waals surface area contributed by atoms with Crippen LogP contribution in [0.1, 0.15) is 5.89 Å². The van der Waals surface area contributed by atoms with E-state index in [4.69, 9.17) is 27.7 Å². The highest BCUT2D eigenvalue weighted by atomic mass is 35.5. The first kappa shape index (κ1) is 11.1. The van der Waals surface area contributed by atoms with E-state index in [1.165, 1.54) is 6.33 Å². The molecule has 2 rings (SSSR count). The lowest BCUT2D eigenvalue weighted by Gasteiger charge is -2.05. The zero-order valence-electron chi connectivity index (χ0n) is 8.02. The molecule has 2 aromatic heterocycles. The van der Waals surface area contributed by atoms with Crippen molar-refractivity contribution in [3.05, 3.63) is 28.6 Å². The molecule has 8 heteroatoms. The Kier molecular flexibility index (Phi) is 3.53. The van der Waals surface area contributed by atoms with Crippen LogP contribution in [0.25, 0.3) is 0 Å². The van der Waals surface area contributed by atoms with Crippen molar-refractivity contribution < 1.29 is 4.52 Å². The van der Waals surface area contributed by atoms with Crippen molar-refractivity contribution in [1.82, 2.24) is 20.3 Å². The summed E-state index contributed by atoms with van der Waals surface area (Å²) in [6.07, 6.45) is 1.95. The van der Waals surface area contributed by atoms with Crippen molar-refractivity contribution >= 4 is 28.9 Å². The zero-order valence-corrected chi connectivity index (χ0v) is 9.53. The molecule has 0 aliphatic rings. The van der Waals surface area contributed by atoms with Gasteiger partial charge in [-0.05, 0) is 0 Å². The topological polar surface area (TPSA) is 76.7 Å². The average molecular weight is 260 g/mol. The molecule has 0 amide bonds. The Morgan fingerprint density at radius 2 is 2.19 bits per heavy atom. The summed E-state index contributed by atoms with van der Waals surface area (Å²) < 4.78 is 4.84. The average Bonchev–Trinajstić information content (AvgIpc) is 2.76. The molecule has 0 radical (unpaired) electrons. The molecule has 0 unspecified atom stereocenters. The van der Waals surface area contributed by atoms with Crippen LogP contribution in [0.15, 0.2) is 16.9 Å². The number of nitrogens with one attached hydrogen (secondary N) is 1. The molecule has 2 aromatic rings. The molecule has 0 saturated carbocycles. The van der Waals surface area contributed by atoms with Gasteiger partial charge in [0.25, 0.3) is 0 Å². The van der Waals surface area contributed by atoms with Crippen LogP contribution in [0.5, 0.6) is 0 Å². The molecule has 16 heavy (non-hydrogen) atoms. The Hall–Kier alpha value is -1.40. The summed E-state index contributed by atoms with van der Waals surface area (Å²) in [4.78, 5) is 3.88. The SMILES string of the molecule is Clc1cc(NCCc2ncno2)c(Cl)nn1. The van der Waals surface area contributed by atoms with Gasteiger partial charge in [0.15, 0.2) is 16.6 Å². The van der Waals surface area contributed by atoms with E-state index in [1.807, 2.05) is 0 Å². The van der Waals surface area contributed by atoms with Crippen molar-refractivity contribution in [3.63, 3.8) is 0 Å². The molecule has 0 aliphatic carbocycles. The van der Waals surface area contributed by atoms with Gasteiger partial charge >= 0.3 is 0 Å². The highest BCUT2D eigenvalue weighted by molar-refractivity contribution is 6.33. The number of nitrogens with zero attached hydrogens (tertiary/aromatic N) is 4. The lowest BCUT2D eigenvalue weighted by Crippen LogP contribution is -2.06. The van der Waals surface area contributed by atoms with Crippen molar-refractivity contribution in [2.75, 3.05) is 11.9 Å². The third-order valence-corrected chi connectivity index (χ3v) is 2.24. The van der Waals surface area contributed by atoms with Crippen molar-refractivity contribution in [1.29, 1.82) is 0 Å². The maximum absolute atomic E-state index is 5.81. The predicted octanol–water partition coefficient (Wildman–Crippen LogP) is 1.82. The summed E-state index contributed by atoms with van der Waals surface area (Å²) in [5.41, 5.74) is 0.626. The lowest BCUT2D eigenvalue weighted by molar-refractivity contribution is 0.380. The van der Waals surface area contributed by atoms with Crippen molar-refractivity contribution in [3.8, 4) is 0 Å². The van der Waals surface area contributed by atoms with Crippen LogP contribution >= 0.6 is 23.2 Å². The van der Waals surface area contributed by atoms with E-state index in [-0.39, 0.29) is 10.3 Å². The maximum atomic E-state index is 5.81. The minimum absolute atomic E-state index is 0.273. The maximum Gasteiger partial charge on any atom is 0.228 e. The number of hydrogen-bond donors (Lipinski definition) is 1. The largest absolute Gasteiger partial charge is 0.382 e. The smallest absolute Gasteiger partial charge is 0.228 e. The number of aromatic nitrogens is 4. The summed E-state index contributed by atoms with van der Waals surface area (Å²) in [6, 6.07) is 1.60. The van der Waals surface area contributed by atoms with Gasteiger partial charge < -0.3 is 9.84 Å². The summed E-state index contributed by atoms with van der Waals surface area (Å²) >= 11 is 11.5. The number of anilines is 1. The van der Waals surface area contributed by atoms with Gasteiger partial charge in [-0.2, -0.15) is 4.98 Å². The molecule has 0 fully saturated rings. The molecule has 84 valence electrons. The molecule has 1 N–H and O–H groups in total. The van der Waals surface area contributed by atoms with E-state index in [1.54, 1.807) is 6.07 Å². The number of rotatable bonds is 4. The molecule has 0 aromatic carbocycles. The second-order valence-corrected chi connectivity index (χ2v) is 3.63. The third-order valence-electron chi connectivity index (χ3n) is 1.78. The standard InChI is InChI=1S/C8H7Cl2N5O/c9-6-3-5(8(10)15-14-6)11-2-1-7-12-4-13-16-7/h3-4H,1-2H2,(H,11,14). The summed E-state index contributed by atoms with van der Waals surface area (Å²) in [6.45, 7) is 0.587. The fourth-order valence-electron chi connectivity index (χ4n) is 1.09. The molecule has 0 saturated heterocycles. The van der Waals surface area contributed by atoms with E-state index in [0.717, 1.165) is 0 Å². The minimum Gasteiger partial charge on any atom is -0.382 e. The lowest BCUT2D eigenvalue weighted by atomic mass is 10.4. The quantitative estimate of drug-likeness (QED) is 0.903. The van der Waals surface area contributed by atoms with Crippen LogP contribution in [0.4, 0.5) is 5.69 Å². The van der Waals surface area contributed by atoms with Crippen LogP contribution < -0.4 is 5.32 Å². The Labute approximate surface area is 101 Å².